The molecule has 2 nitrogen and oxygen atoms in total. The lowest BCUT2D eigenvalue weighted by Crippen LogP contribution is -2.28. The van der Waals surface area contributed by atoms with E-state index in [-0.39, 0.29) is 0 Å². The average molecular weight is 298 g/mol. The van der Waals surface area contributed by atoms with Gasteiger partial charge in [-0.05, 0) is 19.3 Å². The zero-order valence-corrected chi connectivity index (χ0v) is 10.5. The first-order valence-corrected chi connectivity index (χ1v) is 6.33. The molecule has 0 radical (unpaired) electrons. The molecule has 13 heavy (non-hydrogen) atoms. The van der Waals surface area contributed by atoms with Crippen LogP contribution in [-0.4, -0.2) is 30.4 Å². The normalized spacial score (nSPS) is 29.1. The van der Waals surface area contributed by atoms with Crippen molar-refractivity contribution < 1.29 is 9.47 Å². The summed E-state index contributed by atoms with van der Waals surface area (Å²) in [5.74, 6) is 0. The fraction of sp³-hybridized carbons (Fsp3) is 1.00. The average Bonchev–Trinajstić information content (AvgIpc) is 2.15. The topological polar surface area (TPSA) is 18.5 Å². The van der Waals surface area contributed by atoms with E-state index in [1.54, 1.807) is 7.11 Å². The van der Waals surface area contributed by atoms with Crippen LogP contribution in [0.25, 0.3) is 0 Å². The summed E-state index contributed by atoms with van der Waals surface area (Å²) in [6.07, 6.45) is 6.83. The number of alkyl halides is 1. The molecule has 0 N–H and O–H groups in total. The predicted molar refractivity (Wildman–Crippen MR) is 62.5 cm³/mol. The Labute approximate surface area is 94.5 Å². The van der Waals surface area contributed by atoms with Gasteiger partial charge in [-0.1, -0.05) is 35.4 Å². The summed E-state index contributed by atoms with van der Waals surface area (Å²) in [5.41, 5.74) is 0. The lowest BCUT2D eigenvalue weighted by atomic mass is 9.98. The van der Waals surface area contributed by atoms with E-state index in [9.17, 15) is 0 Å². The van der Waals surface area contributed by atoms with Crippen molar-refractivity contribution in [3.8, 4) is 0 Å². The molecule has 0 saturated heterocycles. The summed E-state index contributed by atoms with van der Waals surface area (Å²) < 4.78 is 11.5. The number of methoxy groups -OCH3 is 1. The van der Waals surface area contributed by atoms with Gasteiger partial charge in [0.2, 0.25) is 0 Å². The van der Waals surface area contributed by atoms with Crippen LogP contribution in [0.5, 0.6) is 0 Å². The van der Waals surface area contributed by atoms with Crippen LogP contribution in [0.2, 0.25) is 0 Å². The summed E-state index contributed by atoms with van der Waals surface area (Å²) in [4.78, 5) is 0. The first kappa shape index (κ1) is 11.7. The Hall–Kier alpha value is 0.650. The first-order valence-electron chi connectivity index (χ1n) is 5.09. The molecule has 1 fully saturated rings. The second-order valence-electron chi connectivity index (χ2n) is 3.56. The number of rotatable bonds is 5. The molecule has 0 spiro atoms. The van der Waals surface area contributed by atoms with Gasteiger partial charge in [0.25, 0.3) is 0 Å². The Balaban J connectivity index is 2.05. The van der Waals surface area contributed by atoms with Gasteiger partial charge in [-0.2, -0.15) is 0 Å². The van der Waals surface area contributed by atoms with Gasteiger partial charge in [0.1, 0.15) is 0 Å². The Morgan fingerprint density at radius 1 is 1.23 bits per heavy atom. The third-order valence-electron chi connectivity index (χ3n) is 2.45. The van der Waals surface area contributed by atoms with Gasteiger partial charge >= 0.3 is 0 Å². The fourth-order valence-electron chi connectivity index (χ4n) is 1.68. The molecule has 3 heteroatoms. The molecule has 0 bridgehead atoms. The highest BCUT2D eigenvalue weighted by atomic mass is 127. The fourth-order valence-corrected chi connectivity index (χ4v) is 2.68. The molecule has 2 atom stereocenters. The van der Waals surface area contributed by atoms with Crippen molar-refractivity contribution in [1.82, 2.24) is 0 Å². The first-order chi connectivity index (χ1) is 6.34. The Morgan fingerprint density at radius 3 is 2.69 bits per heavy atom. The SMILES string of the molecule is COCCCOC1CCCCC1I. The largest absolute Gasteiger partial charge is 0.385 e. The molecule has 0 amide bonds. The molecule has 78 valence electrons. The molecule has 1 rings (SSSR count). The van der Waals surface area contributed by atoms with Crippen molar-refractivity contribution >= 4 is 22.6 Å². The van der Waals surface area contributed by atoms with Crippen LogP contribution in [0.4, 0.5) is 0 Å². The maximum Gasteiger partial charge on any atom is 0.0692 e. The Bertz CT molecular complexity index is 130. The highest BCUT2D eigenvalue weighted by Gasteiger charge is 2.22. The lowest BCUT2D eigenvalue weighted by Gasteiger charge is -2.27. The second-order valence-corrected chi connectivity index (χ2v) is 5.16. The van der Waals surface area contributed by atoms with Gasteiger partial charge in [0.05, 0.1) is 6.10 Å². The Kier molecular flexibility index (Phi) is 6.32. The van der Waals surface area contributed by atoms with E-state index in [2.05, 4.69) is 22.6 Å². The molecule has 1 saturated carbocycles. The van der Waals surface area contributed by atoms with Crippen LogP contribution in [0.1, 0.15) is 32.1 Å². The minimum absolute atomic E-state index is 0.506. The third-order valence-corrected chi connectivity index (χ3v) is 3.87. The molecule has 1 aliphatic carbocycles. The van der Waals surface area contributed by atoms with E-state index in [4.69, 9.17) is 9.47 Å². The number of hydrogen-bond donors (Lipinski definition) is 0. The van der Waals surface area contributed by atoms with Gasteiger partial charge < -0.3 is 9.47 Å². The van der Waals surface area contributed by atoms with Gasteiger partial charge in [0.15, 0.2) is 0 Å². The van der Waals surface area contributed by atoms with E-state index in [0.717, 1.165) is 23.6 Å². The summed E-state index contributed by atoms with van der Waals surface area (Å²) in [6, 6.07) is 0. The van der Waals surface area contributed by atoms with Gasteiger partial charge in [-0.3, -0.25) is 0 Å². The maximum atomic E-state index is 5.81. The van der Waals surface area contributed by atoms with Gasteiger partial charge in [0, 0.05) is 24.2 Å². The third kappa shape index (κ3) is 4.61. The van der Waals surface area contributed by atoms with Crippen molar-refractivity contribution in [2.24, 2.45) is 0 Å². The second kappa shape index (κ2) is 7.01. The highest BCUT2D eigenvalue weighted by Crippen LogP contribution is 2.27. The van der Waals surface area contributed by atoms with Crippen molar-refractivity contribution in [1.29, 1.82) is 0 Å². The smallest absolute Gasteiger partial charge is 0.0692 e. The van der Waals surface area contributed by atoms with Crippen LogP contribution in [0.15, 0.2) is 0 Å². The molecule has 1 aliphatic rings. The molecular weight excluding hydrogens is 279 g/mol. The summed E-state index contributed by atoms with van der Waals surface area (Å²) in [5, 5.41) is 0. The minimum atomic E-state index is 0.506. The quantitative estimate of drug-likeness (QED) is 0.441. The monoisotopic (exact) mass is 298 g/mol. The molecule has 0 aromatic rings. The minimum Gasteiger partial charge on any atom is -0.385 e. The van der Waals surface area contributed by atoms with Crippen LogP contribution in [-0.2, 0) is 9.47 Å². The Morgan fingerprint density at radius 2 is 2.00 bits per heavy atom. The summed E-state index contributed by atoms with van der Waals surface area (Å²) in [6.45, 7) is 1.68. The molecular formula is C10H19IO2. The van der Waals surface area contributed by atoms with E-state index in [1.165, 1.54) is 25.7 Å². The van der Waals surface area contributed by atoms with Crippen molar-refractivity contribution in [3.63, 3.8) is 0 Å². The van der Waals surface area contributed by atoms with Crippen LogP contribution in [0, 0.1) is 0 Å². The molecule has 0 heterocycles. The van der Waals surface area contributed by atoms with E-state index < -0.39 is 0 Å². The van der Waals surface area contributed by atoms with Gasteiger partial charge in [-0.25, -0.2) is 0 Å². The standard InChI is InChI=1S/C10H19IO2/c1-12-7-4-8-13-10-6-3-2-5-9(10)11/h9-10H,2-8H2,1H3. The van der Waals surface area contributed by atoms with Crippen LogP contribution >= 0.6 is 22.6 Å². The van der Waals surface area contributed by atoms with Crippen LogP contribution < -0.4 is 0 Å². The van der Waals surface area contributed by atoms with Crippen molar-refractivity contribution in [2.75, 3.05) is 20.3 Å². The van der Waals surface area contributed by atoms with Crippen LogP contribution in [0.3, 0.4) is 0 Å². The zero-order valence-electron chi connectivity index (χ0n) is 8.30. The number of halogens is 1. The highest BCUT2D eigenvalue weighted by molar-refractivity contribution is 14.1. The van der Waals surface area contributed by atoms with E-state index in [1.807, 2.05) is 0 Å². The zero-order chi connectivity index (χ0) is 9.52. The lowest BCUT2D eigenvalue weighted by molar-refractivity contribution is 0.0252. The molecule has 0 aromatic heterocycles. The molecule has 0 aliphatic heterocycles. The van der Waals surface area contributed by atoms with E-state index >= 15 is 0 Å². The van der Waals surface area contributed by atoms with Gasteiger partial charge in [-0.15, -0.1) is 0 Å². The number of hydrogen-bond acceptors (Lipinski definition) is 2. The van der Waals surface area contributed by atoms with Crippen molar-refractivity contribution in [2.45, 2.75) is 42.1 Å². The van der Waals surface area contributed by atoms with Crippen molar-refractivity contribution in [3.05, 3.63) is 0 Å². The molecule has 2 unspecified atom stereocenters. The number of ether oxygens (including phenoxy) is 2. The van der Waals surface area contributed by atoms with E-state index in [0.29, 0.717) is 6.10 Å². The summed E-state index contributed by atoms with van der Waals surface area (Å²) >= 11 is 2.52. The molecule has 0 aromatic carbocycles. The summed E-state index contributed by atoms with van der Waals surface area (Å²) in [7, 11) is 1.74. The maximum absolute atomic E-state index is 5.81. The predicted octanol–water partition coefficient (Wildman–Crippen LogP) is 2.79.